The maximum absolute atomic E-state index is 3.63. The molecule has 0 heteroatoms. The van der Waals surface area contributed by atoms with Crippen LogP contribution in [-0.2, 0) is 0 Å². The van der Waals surface area contributed by atoms with Crippen molar-refractivity contribution in [3.63, 3.8) is 0 Å². The van der Waals surface area contributed by atoms with Crippen LogP contribution in [0.4, 0.5) is 0 Å². The van der Waals surface area contributed by atoms with Crippen molar-refractivity contribution in [1.29, 1.82) is 0 Å². The van der Waals surface area contributed by atoms with Gasteiger partial charge in [-0.3, -0.25) is 0 Å². The van der Waals surface area contributed by atoms with E-state index in [2.05, 4.69) is 38.7 Å². The van der Waals surface area contributed by atoms with E-state index in [0.29, 0.717) is 0 Å². The van der Waals surface area contributed by atoms with E-state index < -0.39 is 0 Å². The zero-order chi connectivity index (χ0) is 10.1. The minimum Gasteiger partial charge on any atom is -0.0991 e. The van der Waals surface area contributed by atoms with E-state index in [-0.39, 0.29) is 0 Å². The zero-order valence-electron chi connectivity index (χ0n) is 8.75. The van der Waals surface area contributed by atoms with Crippen molar-refractivity contribution in [3.8, 4) is 0 Å². The highest BCUT2D eigenvalue weighted by Crippen LogP contribution is 1.97. The van der Waals surface area contributed by atoms with Gasteiger partial charge in [-0.25, -0.2) is 0 Å². The van der Waals surface area contributed by atoms with Crippen LogP contribution in [0.5, 0.6) is 0 Å². The third-order valence-corrected chi connectivity index (χ3v) is 1.67. The maximum Gasteiger partial charge on any atom is -0.0398 e. The topological polar surface area (TPSA) is 0 Å². The van der Waals surface area contributed by atoms with Crippen molar-refractivity contribution < 1.29 is 0 Å². The zero-order valence-corrected chi connectivity index (χ0v) is 8.75. The number of rotatable bonds is 4. The second-order valence-corrected chi connectivity index (χ2v) is 2.90. The lowest BCUT2D eigenvalue weighted by Gasteiger charge is -1.87. The molecule has 0 aliphatic carbocycles. The van der Waals surface area contributed by atoms with Gasteiger partial charge in [-0.1, -0.05) is 60.3 Å². The summed E-state index contributed by atoms with van der Waals surface area (Å²) in [6.07, 6.45) is 14.1. The first-order valence-electron chi connectivity index (χ1n) is 4.47. The summed E-state index contributed by atoms with van der Waals surface area (Å²) in [4.78, 5) is 0. The van der Waals surface area contributed by atoms with E-state index >= 15 is 0 Å². The quantitative estimate of drug-likeness (QED) is 0.560. The van der Waals surface area contributed by atoms with E-state index in [1.807, 2.05) is 25.2 Å². The number of hydrogen-bond donors (Lipinski definition) is 0. The van der Waals surface area contributed by atoms with Gasteiger partial charge in [0.15, 0.2) is 0 Å². The van der Waals surface area contributed by atoms with Gasteiger partial charge in [0.1, 0.15) is 0 Å². The van der Waals surface area contributed by atoms with Crippen LogP contribution in [0, 0.1) is 0 Å². The lowest BCUT2D eigenvalue weighted by molar-refractivity contribution is 1.47. The first-order chi connectivity index (χ1) is 6.20. The van der Waals surface area contributed by atoms with Crippen LogP contribution in [0.1, 0.15) is 20.8 Å². The molecular formula is C13H18. The largest absolute Gasteiger partial charge is 0.0991 e. The molecule has 0 unspecified atom stereocenters. The standard InChI is InChI=1S/C13H18/c1-5-9-13(4)11-8-7-10-12(3)6-2/h5-11H,1H2,2-4H3/b10-7-,11-8-,12-6+,13-9+. The molecule has 0 rings (SSSR count). The van der Waals surface area contributed by atoms with E-state index in [9.17, 15) is 0 Å². The summed E-state index contributed by atoms with van der Waals surface area (Å²) in [6, 6.07) is 0. The molecule has 0 atom stereocenters. The molecule has 13 heavy (non-hydrogen) atoms. The van der Waals surface area contributed by atoms with Gasteiger partial charge in [-0.05, 0) is 20.8 Å². The van der Waals surface area contributed by atoms with Gasteiger partial charge in [0.05, 0.1) is 0 Å². The molecule has 0 bridgehead atoms. The van der Waals surface area contributed by atoms with Crippen LogP contribution in [0.25, 0.3) is 0 Å². The van der Waals surface area contributed by atoms with Crippen LogP contribution in [-0.4, -0.2) is 0 Å². The SMILES string of the molecule is C=C/C=C(C)/C=C\C=C/C(C)=C/C. The minimum absolute atomic E-state index is 1.21. The number of hydrogen-bond acceptors (Lipinski definition) is 0. The Balaban J connectivity index is 4.09. The summed E-state index contributed by atoms with van der Waals surface area (Å²) in [6.45, 7) is 9.80. The fraction of sp³-hybridized carbons (Fsp3) is 0.231. The fourth-order valence-corrected chi connectivity index (χ4v) is 0.752. The van der Waals surface area contributed by atoms with Crippen molar-refractivity contribution in [2.24, 2.45) is 0 Å². The lowest BCUT2D eigenvalue weighted by atomic mass is 10.2. The Morgan fingerprint density at radius 3 is 2.00 bits per heavy atom. The molecule has 0 saturated carbocycles. The highest BCUT2D eigenvalue weighted by atomic mass is 13.8. The molecule has 0 amide bonds. The van der Waals surface area contributed by atoms with Crippen molar-refractivity contribution in [2.45, 2.75) is 20.8 Å². The average molecular weight is 174 g/mol. The molecule has 0 aromatic rings. The third kappa shape index (κ3) is 7.07. The molecule has 0 aromatic carbocycles. The van der Waals surface area contributed by atoms with Gasteiger partial charge in [-0.15, -0.1) is 0 Å². The Morgan fingerprint density at radius 1 is 1.00 bits per heavy atom. The summed E-state index contributed by atoms with van der Waals surface area (Å²) in [7, 11) is 0. The van der Waals surface area contributed by atoms with E-state index in [4.69, 9.17) is 0 Å². The average Bonchev–Trinajstić information content (AvgIpc) is 2.12. The highest BCUT2D eigenvalue weighted by molar-refractivity contribution is 5.26. The van der Waals surface area contributed by atoms with Crippen molar-refractivity contribution in [2.75, 3.05) is 0 Å². The smallest absolute Gasteiger partial charge is 0.0398 e. The van der Waals surface area contributed by atoms with E-state index in [1.165, 1.54) is 11.1 Å². The normalized spacial score (nSPS) is 14.4. The second kappa shape index (κ2) is 7.35. The highest BCUT2D eigenvalue weighted by Gasteiger charge is 1.76. The molecular weight excluding hydrogens is 156 g/mol. The molecule has 0 fully saturated rings. The molecule has 70 valence electrons. The van der Waals surface area contributed by atoms with Gasteiger partial charge in [0.2, 0.25) is 0 Å². The third-order valence-electron chi connectivity index (χ3n) is 1.67. The maximum atomic E-state index is 3.63. The van der Waals surface area contributed by atoms with Crippen LogP contribution < -0.4 is 0 Å². The Morgan fingerprint density at radius 2 is 1.54 bits per heavy atom. The first-order valence-corrected chi connectivity index (χ1v) is 4.47. The van der Waals surface area contributed by atoms with Gasteiger partial charge in [0.25, 0.3) is 0 Å². The molecule has 0 aliphatic heterocycles. The van der Waals surface area contributed by atoms with Crippen LogP contribution in [0.3, 0.4) is 0 Å². The van der Waals surface area contributed by atoms with Gasteiger partial charge in [-0.2, -0.15) is 0 Å². The predicted molar refractivity (Wildman–Crippen MR) is 61.7 cm³/mol. The monoisotopic (exact) mass is 174 g/mol. The number of allylic oxidation sites excluding steroid dienone is 9. The van der Waals surface area contributed by atoms with E-state index in [0.717, 1.165) is 0 Å². The predicted octanol–water partition coefficient (Wildman–Crippen LogP) is 4.20. The summed E-state index contributed by atoms with van der Waals surface area (Å²) in [5.74, 6) is 0. The molecule has 0 radical (unpaired) electrons. The summed E-state index contributed by atoms with van der Waals surface area (Å²) >= 11 is 0. The molecule has 0 N–H and O–H groups in total. The molecule has 0 nitrogen and oxygen atoms in total. The Hall–Kier alpha value is -1.30. The minimum atomic E-state index is 1.21. The van der Waals surface area contributed by atoms with Gasteiger partial charge in [0, 0.05) is 0 Å². The summed E-state index contributed by atoms with van der Waals surface area (Å²) in [5, 5.41) is 0. The van der Waals surface area contributed by atoms with Crippen molar-refractivity contribution in [1.82, 2.24) is 0 Å². The van der Waals surface area contributed by atoms with Crippen LogP contribution >= 0.6 is 0 Å². The van der Waals surface area contributed by atoms with Crippen molar-refractivity contribution >= 4 is 0 Å². The lowest BCUT2D eigenvalue weighted by Crippen LogP contribution is -1.65. The van der Waals surface area contributed by atoms with E-state index in [1.54, 1.807) is 6.08 Å². The first kappa shape index (κ1) is 11.7. The Bertz CT molecular complexity index is 260. The van der Waals surface area contributed by atoms with Crippen LogP contribution in [0.2, 0.25) is 0 Å². The molecule has 0 spiro atoms. The van der Waals surface area contributed by atoms with Gasteiger partial charge >= 0.3 is 0 Å². The molecule has 0 heterocycles. The fourth-order valence-electron chi connectivity index (χ4n) is 0.752. The van der Waals surface area contributed by atoms with Gasteiger partial charge < -0.3 is 0 Å². The second-order valence-electron chi connectivity index (χ2n) is 2.90. The summed E-state index contributed by atoms with van der Waals surface area (Å²) in [5.41, 5.74) is 2.48. The molecule has 0 aliphatic rings. The Labute approximate surface area is 81.7 Å². The molecule has 0 saturated heterocycles. The van der Waals surface area contributed by atoms with Crippen molar-refractivity contribution in [3.05, 3.63) is 60.3 Å². The molecule has 0 aromatic heterocycles. The van der Waals surface area contributed by atoms with Crippen LogP contribution in [0.15, 0.2) is 60.3 Å². The Kier molecular flexibility index (Phi) is 6.62. The summed E-state index contributed by atoms with van der Waals surface area (Å²) < 4.78 is 0.